The summed E-state index contributed by atoms with van der Waals surface area (Å²) in [6.07, 6.45) is 4.11. The van der Waals surface area contributed by atoms with E-state index >= 15 is 0 Å². The van der Waals surface area contributed by atoms with E-state index < -0.39 is 0 Å². The van der Waals surface area contributed by atoms with Crippen LogP contribution in [-0.2, 0) is 11.3 Å². The van der Waals surface area contributed by atoms with Crippen LogP contribution in [0.3, 0.4) is 0 Å². The normalized spacial score (nSPS) is 22.8. The molecule has 0 saturated carbocycles. The summed E-state index contributed by atoms with van der Waals surface area (Å²) in [4.78, 5) is 2.39. The average molecular weight is 280 g/mol. The van der Waals surface area contributed by atoms with Crippen LogP contribution >= 0.6 is 0 Å². The monoisotopic (exact) mass is 280 g/mol. The molecule has 0 bridgehead atoms. The molecule has 1 N–H and O–H groups in total. The second kappa shape index (κ2) is 7.25. The minimum atomic E-state index is 0.265. The number of hydrogen-bond donors (Lipinski definition) is 1. The van der Waals surface area contributed by atoms with Crippen LogP contribution in [0.4, 0.5) is 0 Å². The van der Waals surface area contributed by atoms with Crippen LogP contribution in [0.25, 0.3) is 0 Å². The first kappa shape index (κ1) is 15.5. The van der Waals surface area contributed by atoms with Crippen LogP contribution in [0.2, 0.25) is 0 Å². The fourth-order valence-corrected chi connectivity index (χ4v) is 2.99. The van der Waals surface area contributed by atoms with Gasteiger partial charge in [0.05, 0.1) is 12.9 Å². The molecular weight excluding hydrogens is 252 g/mol. The molecule has 1 aromatic rings. The lowest BCUT2D eigenvalue weighted by Gasteiger charge is -2.32. The molecule has 0 radical (unpaired) electrons. The maximum atomic E-state index is 5.67. The number of rotatable bonds is 8. The van der Waals surface area contributed by atoms with Crippen molar-refractivity contribution in [1.82, 2.24) is 10.2 Å². The van der Waals surface area contributed by atoms with Gasteiger partial charge in [0.1, 0.15) is 5.76 Å². The molecule has 0 spiro atoms. The van der Waals surface area contributed by atoms with Gasteiger partial charge in [-0.15, -0.1) is 0 Å². The second-order valence-electron chi connectivity index (χ2n) is 6.15. The Bertz CT molecular complexity index is 397. The third-order valence-electron chi connectivity index (χ3n) is 4.12. The average Bonchev–Trinajstić information content (AvgIpc) is 3.01. The first-order valence-corrected chi connectivity index (χ1v) is 7.65. The van der Waals surface area contributed by atoms with Gasteiger partial charge in [-0.2, -0.15) is 0 Å². The highest BCUT2D eigenvalue weighted by Crippen LogP contribution is 2.29. The molecule has 4 nitrogen and oxygen atoms in total. The Kier molecular flexibility index (Phi) is 5.64. The molecule has 0 amide bonds. The molecule has 1 fully saturated rings. The number of ether oxygens (including phenoxy) is 1. The molecule has 1 aliphatic rings. The fourth-order valence-electron chi connectivity index (χ4n) is 2.99. The molecule has 0 aliphatic carbocycles. The van der Waals surface area contributed by atoms with Crippen molar-refractivity contribution in [3.8, 4) is 0 Å². The largest absolute Gasteiger partial charge is 0.469 e. The first-order valence-electron chi connectivity index (χ1n) is 7.65. The molecule has 20 heavy (non-hydrogen) atoms. The van der Waals surface area contributed by atoms with Crippen molar-refractivity contribution >= 4 is 0 Å². The highest BCUT2D eigenvalue weighted by molar-refractivity contribution is 5.15. The van der Waals surface area contributed by atoms with Crippen LogP contribution < -0.4 is 5.32 Å². The lowest BCUT2D eigenvalue weighted by atomic mass is 9.86. The minimum Gasteiger partial charge on any atom is -0.469 e. The molecule has 2 heterocycles. The zero-order chi connectivity index (χ0) is 14.4. The van der Waals surface area contributed by atoms with E-state index in [0.717, 1.165) is 51.6 Å². The van der Waals surface area contributed by atoms with Crippen molar-refractivity contribution in [1.29, 1.82) is 0 Å². The summed E-state index contributed by atoms with van der Waals surface area (Å²) < 4.78 is 11.0. The van der Waals surface area contributed by atoms with Crippen molar-refractivity contribution in [2.75, 3.05) is 39.9 Å². The van der Waals surface area contributed by atoms with Gasteiger partial charge in [0.15, 0.2) is 0 Å². The standard InChI is InChI=1S/C16H28N2O2/c1-4-7-17-11-16(6-9-19-13-16)12-18(3)10-15-5-8-20-14(15)2/h5,8,17H,4,6-7,9-13H2,1-3H3. The first-order chi connectivity index (χ1) is 9.65. The lowest BCUT2D eigenvalue weighted by Crippen LogP contribution is -2.43. The third-order valence-corrected chi connectivity index (χ3v) is 4.12. The third kappa shape index (κ3) is 4.08. The van der Waals surface area contributed by atoms with Crippen LogP contribution in [0.5, 0.6) is 0 Å². The minimum absolute atomic E-state index is 0.265. The molecule has 2 rings (SSSR count). The van der Waals surface area contributed by atoms with E-state index in [1.165, 1.54) is 12.0 Å². The predicted octanol–water partition coefficient (Wildman–Crippen LogP) is 2.43. The van der Waals surface area contributed by atoms with Crippen molar-refractivity contribution in [2.24, 2.45) is 5.41 Å². The van der Waals surface area contributed by atoms with Crippen molar-refractivity contribution in [3.63, 3.8) is 0 Å². The molecule has 1 saturated heterocycles. The van der Waals surface area contributed by atoms with Gasteiger partial charge in [-0.25, -0.2) is 0 Å². The van der Waals surface area contributed by atoms with E-state index in [-0.39, 0.29) is 5.41 Å². The number of nitrogens with one attached hydrogen (secondary N) is 1. The maximum absolute atomic E-state index is 5.67. The van der Waals surface area contributed by atoms with E-state index in [2.05, 4.69) is 30.3 Å². The Morgan fingerprint density at radius 2 is 2.30 bits per heavy atom. The summed E-state index contributed by atoms with van der Waals surface area (Å²) in [5, 5.41) is 3.57. The summed E-state index contributed by atoms with van der Waals surface area (Å²) in [5.41, 5.74) is 1.55. The smallest absolute Gasteiger partial charge is 0.105 e. The Labute approximate surface area is 122 Å². The van der Waals surface area contributed by atoms with Gasteiger partial charge in [-0.1, -0.05) is 6.92 Å². The van der Waals surface area contributed by atoms with Gasteiger partial charge in [-0.3, -0.25) is 0 Å². The Morgan fingerprint density at radius 3 is 2.90 bits per heavy atom. The van der Waals surface area contributed by atoms with E-state index in [1.807, 2.05) is 6.92 Å². The maximum Gasteiger partial charge on any atom is 0.105 e. The van der Waals surface area contributed by atoms with E-state index in [1.54, 1.807) is 6.26 Å². The molecule has 4 heteroatoms. The predicted molar refractivity (Wildman–Crippen MR) is 80.8 cm³/mol. The number of hydrogen-bond acceptors (Lipinski definition) is 4. The van der Waals surface area contributed by atoms with Gasteiger partial charge < -0.3 is 19.4 Å². The molecular formula is C16H28N2O2. The summed E-state index contributed by atoms with van der Waals surface area (Å²) in [5.74, 6) is 1.03. The van der Waals surface area contributed by atoms with Crippen LogP contribution in [-0.4, -0.2) is 44.8 Å². The molecule has 1 unspecified atom stereocenters. The fraction of sp³-hybridized carbons (Fsp3) is 0.750. The quantitative estimate of drug-likeness (QED) is 0.742. The van der Waals surface area contributed by atoms with Crippen LogP contribution in [0.1, 0.15) is 31.1 Å². The van der Waals surface area contributed by atoms with Gasteiger partial charge in [0.2, 0.25) is 0 Å². The lowest BCUT2D eigenvalue weighted by molar-refractivity contribution is 0.116. The molecule has 1 aliphatic heterocycles. The molecule has 0 aromatic carbocycles. The molecule has 1 atom stereocenters. The number of aryl methyl sites for hydroxylation is 1. The van der Waals surface area contributed by atoms with Gasteiger partial charge in [0.25, 0.3) is 0 Å². The summed E-state index contributed by atoms with van der Waals surface area (Å²) in [6, 6.07) is 2.07. The second-order valence-corrected chi connectivity index (χ2v) is 6.15. The summed E-state index contributed by atoms with van der Waals surface area (Å²) >= 11 is 0. The van der Waals surface area contributed by atoms with Crippen molar-refractivity contribution in [3.05, 3.63) is 23.7 Å². The summed E-state index contributed by atoms with van der Waals surface area (Å²) in [6.45, 7) is 10.2. The molecule has 114 valence electrons. The van der Waals surface area contributed by atoms with E-state index in [0.29, 0.717) is 0 Å². The number of nitrogens with zero attached hydrogens (tertiary/aromatic N) is 1. The Hall–Kier alpha value is -0.840. The summed E-state index contributed by atoms with van der Waals surface area (Å²) in [7, 11) is 2.19. The highest BCUT2D eigenvalue weighted by Gasteiger charge is 2.35. The van der Waals surface area contributed by atoms with Crippen LogP contribution in [0, 0.1) is 12.3 Å². The Morgan fingerprint density at radius 1 is 1.45 bits per heavy atom. The zero-order valence-electron chi connectivity index (χ0n) is 13.1. The number of furan rings is 1. The Balaban J connectivity index is 1.88. The molecule has 1 aromatic heterocycles. The van der Waals surface area contributed by atoms with Crippen molar-refractivity contribution < 1.29 is 9.15 Å². The topological polar surface area (TPSA) is 37.6 Å². The van der Waals surface area contributed by atoms with E-state index in [4.69, 9.17) is 9.15 Å². The van der Waals surface area contributed by atoms with E-state index in [9.17, 15) is 0 Å². The zero-order valence-corrected chi connectivity index (χ0v) is 13.1. The van der Waals surface area contributed by atoms with Gasteiger partial charge >= 0.3 is 0 Å². The van der Waals surface area contributed by atoms with Gasteiger partial charge in [-0.05, 0) is 39.4 Å². The van der Waals surface area contributed by atoms with Crippen molar-refractivity contribution in [2.45, 2.75) is 33.2 Å². The highest BCUT2D eigenvalue weighted by atomic mass is 16.5. The van der Waals surface area contributed by atoms with Crippen LogP contribution in [0.15, 0.2) is 16.7 Å². The SMILES string of the molecule is CCCNCC1(CN(C)Cc2ccoc2C)CCOC1. The van der Waals surface area contributed by atoms with Gasteiger partial charge in [0, 0.05) is 37.2 Å².